The van der Waals surface area contributed by atoms with E-state index in [-0.39, 0.29) is 11.9 Å². The van der Waals surface area contributed by atoms with E-state index in [0.29, 0.717) is 37.4 Å². The molecule has 6 heteroatoms. The maximum absolute atomic E-state index is 12.5. The first kappa shape index (κ1) is 18.8. The fraction of sp³-hybridized carbons (Fsp3) is 0.545. The predicted molar refractivity (Wildman–Crippen MR) is 110 cm³/mol. The molecule has 3 aliphatic rings. The van der Waals surface area contributed by atoms with Crippen LogP contribution >= 0.6 is 0 Å². The normalized spacial score (nSPS) is 27.0. The van der Waals surface area contributed by atoms with Crippen molar-refractivity contribution >= 4 is 17.6 Å². The molecule has 1 saturated carbocycles. The van der Waals surface area contributed by atoms with Crippen LogP contribution in [0.4, 0.5) is 10.5 Å². The van der Waals surface area contributed by atoms with Crippen LogP contribution in [0.1, 0.15) is 19.8 Å². The Morgan fingerprint density at radius 3 is 2.46 bits per heavy atom. The van der Waals surface area contributed by atoms with Gasteiger partial charge in [-0.2, -0.15) is 0 Å². The first-order valence-electron chi connectivity index (χ1n) is 10.4. The van der Waals surface area contributed by atoms with Gasteiger partial charge >= 0.3 is 6.03 Å². The third-order valence-corrected chi connectivity index (χ3v) is 6.38. The Morgan fingerprint density at radius 1 is 1.07 bits per heavy atom. The van der Waals surface area contributed by atoms with Gasteiger partial charge in [0.1, 0.15) is 6.04 Å². The van der Waals surface area contributed by atoms with Gasteiger partial charge in [0.15, 0.2) is 0 Å². The van der Waals surface area contributed by atoms with E-state index in [2.05, 4.69) is 39.8 Å². The van der Waals surface area contributed by atoms with E-state index in [1.807, 2.05) is 18.2 Å². The van der Waals surface area contributed by atoms with Crippen molar-refractivity contribution in [1.82, 2.24) is 15.5 Å². The van der Waals surface area contributed by atoms with Gasteiger partial charge in [0, 0.05) is 38.4 Å². The van der Waals surface area contributed by atoms with Crippen molar-refractivity contribution in [2.75, 3.05) is 37.6 Å². The third kappa shape index (κ3) is 4.16. The van der Waals surface area contributed by atoms with Crippen molar-refractivity contribution in [2.45, 2.75) is 25.8 Å². The van der Waals surface area contributed by atoms with E-state index in [9.17, 15) is 9.59 Å². The SMILES string of the molecule is CC(NC(=O)N1CCN(c2ccccc2)CC1)C(=O)NCC1CC2C=CC1C2. The molecule has 4 unspecified atom stereocenters. The fourth-order valence-electron chi connectivity index (χ4n) is 4.66. The number of piperazine rings is 1. The zero-order chi connectivity index (χ0) is 19.5. The number of carbonyl (C=O) groups is 2. The Morgan fingerprint density at radius 2 is 1.82 bits per heavy atom. The standard InChI is InChI=1S/C22H30N4O2/c1-16(21(27)23-15-19-14-17-7-8-18(19)13-17)24-22(28)26-11-9-25(10-12-26)20-5-3-2-4-6-20/h2-8,16-19H,9-15H2,1H3,(H,23,27)(H,24,28). The minimum absolute atomic E-state index is 0.0944. The average molecular weight is 383 g/mol. The number of rotatable bonds is 5. The fourth-order valence-corrected chi connectivity index (χ4v) is 4.66. The van der Waals surface area contributed by atoms with Gasteiger partial charge in [-0.05, 0) is 49.7 Å². The molecular weight excluding hydrogens is 352 g/mol. The summed E-state index contributed by atoms with van der Waals surface area (Å²) >= 11 is 0. The molecule has 2 bridgehead atoms. The van der Waals surface area contributed by atoms with Crippen LogP contribution in [-0.2, 0) is 4.79 Å². The lowest BCUT2D eigenvalue weighted by atomic mass is 9.93. The lowest BCUT2D eigenvalue weighted by molar-refractivity contribution is -0.122. The topological polar surface area (TPSA) is 64.7 Å². The monoisotopic (exact) mass is 382 g/mol. The third-order valence-electron chi connectivity index (χ3n) is 6.38. The Balaban J connectivity index is 1.19. The molecule has 1 aliphatic heterocycles. The minimum atomic E-state index is -0.520. The molecule has 0 aromatic heterocycles. The number of urea groups is 1. The summed E-state index contributed by atoms with van der Waals surface area (Å²) in [6, 6.07) is 9.58. The number of benzene rings is 1. The highest BCUT2D eigenvalue weighted by molar-refractivity contribution is 5.86. The quantitative estimate of drug-likeness (QED) is 0.768. The van der Waals surface area contributed by atoms with E-state index in [1.54, 1.807) is 11.8 Å². The van der Waals surface area contributed by atoms with Crippen LogP contribution in [0, 0.1) is 17.8 Å². The number of nitrogens with zero attached hydrogens (tertiary/aromatic N) is 2. The predicted octanol–water partition coefficient (Wildman–Crippen LogP) is 2.24. The summed E-state index contributed by atoms with van der Waals surface area (Å²) in [6.45, 7) is 5.39. The van der Waals surface area contributed by atoms with E-state index in [1.165, 1.54) is 18.5 Å². The van der Waals surface area contributed by atoms with Gasteiger partial charge in [0.25, 0.3) is 0 Å². The number of amides is 3. The average Bonchev–Trinajstić information content (AvgIpc) is 3.36. The Hall–Kier alpha value is -2.50. The van der Waals surface area contributed by atoms with Crippen LogP contribution in [0.25, 0.3) is 0 Å². The highest BCUT2D eigenvalue weighted by atomic mass is 16.2. The van der Waals surface area contributed by atoms with Gasteiger partial charge in [-0.1, -0.05) is 30.4 Å². The zero-order valence-corrected chi connectivity index (χ0v) is 16.5. The smallest absolute Gasteiger partial charge is 0.318 e. The molecule has 0 radical (unpaired) electrons. The largest absolute Gasteiger partial charge is 0.368 e. The van der Waals surface area contributed by atoms with Crippen molar-refractivity contribution in [3.63, 3.8) is 0 Å². The second-order valence-electron chi connectivity index (χ2n) is 8.27. The minimum Gasteiger partial charge on any atom is -0.368 e. The summed E-state index contributed by atoms with van der Waals surface area (Å²) in [5.74, 6) is 1.78. The Labute approximate surface area is 167 Å². The first-order valence-corrected chi connectivity index (χ1v) is 10.4. The molecular formula is C22H30N4O2. The number of allylic oxidation sites excluding steroid dienone is 2. The van der Waals surface area contributed by atoms with Gasteiger partial charge in [-0.25, -0.2) is 4.79 Å². The van der Waals surface area contributed by atoms with Crippen LogP contribution in [-0.4, -0.2) is 55.6 Å². The number of para-hydroxylation sites is 1. The van der Waals surface area contributed by atoms with Crippen molar-refractivity contribution in [2.24, 2.45) is 17.8 Å². The first-order chi connectivity index (χ1) is 13.6. The van der Waals surface area contributed by atoms with Crippen LogP contribution in [0.3, 0.4) is 0 Å². The Kier molecular flexibility index (Phi) is 5.55. The highest BCUT2D eigenvalue weighted by Crippen LogP contribution is 2.42. The molecule has 28 heavy (non-hydrogen) atoms. The molecule has 6 nitrogen and oxygen atoms in total. The van der Waals surface area contributed by atoms with E-state index >= 15 is 0 Å². The second-order valence-corrected chi connectivity index (χ2v) is 8.27. The molecule has 3 amide bonds. The molecule has 2 fully saturated rings. The molecule has 1 aromatic carbocycles. The molecule has 2 aliphatic carbocycles. The molecule has 2 N–H and O–H groups in total. The number of carbonyl (C=O) groups excluding carboxylic acids is 2. The lowest BCUT2D eigenvalue weighted by Crippen LogP contribution is -2.55. The molecule has 1 aromatic rings. The molecule has 4 atom stereocenters. The number of hydrogen-bond acceptors (Lipinski definition) is 3. The molecule has 0 spiro atoms. The maximum Gasteiger partial charge on any atom is 0.318 e. The summed E-state index contributed by atoms with van der Waals surface area (Å²) in [7, 11) is 0. The van der Waals surface area contributed by atoms with E-state index in [0.717, 1.165) is 13.1 Å². The van der Waals surface area contributed by atoms with Crippen LogP contribution in [0.2, 0.25) is 0 Å². The number of anilines is 1. The van der Waals surface area contributed by atoms with Crippen LogP contribution < -0.4 is 15.5 Å². The molecule has 4 rings (SSSR count). The Bertz CT molecular complexity index is 727. The molecule has 150 valence electrons. The van der Waals surface area contributed by atoms with Crippen LogP contribution in [0.15, 0.2) is 42.5 Å². The van der Waals surface area contributed by atoms with Gasteiger partial charge < -0.3 is 20.4 Å². The number of nitrogens with one attached hydrogen (secondary N) is 2. The number of fused-ring (bicyclic) bond motifs is 2. The second kappa shape index (κ2) is 8.25. The molecule has 1 heterocycles. The van der Waals surface area contributed by atoms with Gasteiger partial charge in [0.2, 0.25) is 5.91 Å². The molecule has 1 saturated heterocycles. The highest BCUT2D eigenvalue weighted by Gasteiger charge is 2.35. The van der Waals surface area contributed by atoms with Gasteiger partial charge in [-0.15, -0.1) is 0 Å². The van der Waals surface area contributed by atoms with E-state index in [4.69, 9.17) is 0 Å². The van der Waals surface area contributed by atoms with Crippen molar-refractivity contribution < 1.29 is 9.59 Å². The summed E-state index contributed by atoms with van der Waals surface area (Å²) < 4.78 is 0. The van der Waals surface area contributed by atoms with E-state index < -0.39 is 6.04 Å². The van der Waals surface area contributed by atoms with Crippen molar-refractivity contribution in [3.8, 4) is 0 Å². The summed E-state index contributed by atoms with van der Waals surface area (Å²) in [5, 5.41) is 5.89. The van der Waals surface area contributed by atoms with Crippen molar-refractivity contribution in [3.05, 3.63) is 42.5 Å². The zero-order valence-electron chi connectivity index (χ0n) is 16.5. The van der Waals surface area contributed by atoms with Gasteiger partial charge in [0.05, 0.1) is 0 Å². The number of hydrogen-bond donors (Lipinski definition) is 2. The maximum atomic E-state index is 12.5. The van der Waals surface area contributed by atoms with Gasteiger partial charge in [-0.3, -0.25) is 4.79 Å². The van der Waals surface area contributed by atoms with Crippen LogP contribution in [0.5, 0.6) is 0 Å². The summed E-state index contributed by atoms with van der Waals surface area (Å²) in [6.07, 6.45) is 7.02. The lowest BCUT2D eigenvalue weighted by Gasteiger charge is -2.36. The summed E-state index contributed by atoms with van der Waals surface area (Å²) in [4.78, 5) is 29.0. The van der Waals surface area contributed by atoms with Crippen molar-refractivity contribution in [1.29, 1.82) is 0 Å². The summed E-state index contributed by atoms with van der Waals surface area (Å²) in [5.41, 5.74) is 1.19.